The van der Waals surface area contributed by atoms with Crippen molar-refractivity contribution in [2.75, 3.05) is 0 Å². The van der Waals surface area contributed by atoms with Crippen molar-refractivity contribution in [1.29, 1.82) is 0 Å². The number of rotatable bonds is 4. The Morgan fingerprint density at radius 2 is 0.796 bits per heavy atom. The summed E-state index contributed by atoms with van der Waals surface area (Å²) in [5.74, 6) is 0. The van der Waals surface area contributed by atoms with Crippen LogP contribution in [0, 0.1) is 0 Å². The first-order chi connectivity index (χ1) is 26.8. The molecule has 54 heavy (non-hydrogen) atoms. The Morgan fingerprint density at radius 3 is 1.46 bits per heavy atom. The standard InChI is InChI=1S/C52H32N2/c1-4-14-33(15-5-1)38-28-24-34-26-30-41-42(31-27-35-25-29-40(38)48(34)49(35)41)51-50-43-21-11-13-23-46(43)53(36-16-6-2-7-17-36)47(50)32-44-39-20-10-12-22-45(39)54(52(44)51)37-18-8-3-9-19-37/h1-32H. The minimum absolute atomic E-state index is 1.15. The van der Waals surface area contributed by atoms with Crippen LogP contribution in [0.2, 0.25) is 0 Å². The zero-order chi connectivity index (χ0) is 35.3. The van der Waals surface area contributed by atoms with Crippen molar-refractivity contribution in [2.45, 2.75) is 0 Å². The highest BCUT2D eigenvalue weighted by Crippen LogP contribution is 2.50. The summed E-state index contributed by atoms with van der Waals surface area (Å²) in [5, 5.41) is 12.7. The quantitative estimate of drug-likeness (QED) is 0.163. The summed E-state index contributed by atoms with van der Waals surface area (Å²) in [5.41, 5.74) is 12.2. The molecule has 0 amide bonds. The summed E-state index contributed by atoms with van der Waals surface area (Å²) >= 11 is 0. The fourth-order valence-electron chi connectivity index (χ4n) is 9.42. The Morgan fingerprint density at radius 1 is 0.296 bits per heavy atom. The van der Waals surface area contributed by atoms with Gasteiger partial charge >= 0.3 is 0 Å². The van der Waals surface area contributed by atoms with Gasteiger partial charge in [-0.3, -0.25) is 0 Å². The summed E-state index contributed by atoms with van der Waals surface area (Å²) in [7, 11) is 0. The van der Waals surface area contributed by atoms with E-state index in [4.69, 9.17) is 0 Å². The van der Waals surface area contributed by atoms with Crippen LogP contribution in [0.25, 0.3) is 110 Å². The average Bonchev–Trinajstić information content (AvgIpc) is 3.75. The van der Waals surface area contributed by atoms with Gasteiger partial charge in [-0.05, 0) is 91.5 Å². The van der Waals surface area contributed by atoms with Crippen molar-refractivity contribution >= 4 is 75.9 Å². The van der Waals surface area contributed by atoms with Crippen molar-refractivity contribution in [1.82, 2.24) is 9.13 Å². The van der Waals surface area contributed by atoms with Crippen LogP contribution in [0.4, 0.5) is 0 Å². The van der Waals surface area contributed by atoms with Gasteiger partial charge in [0, 0.05) is 38.5 Å². The molecule has 0 spiro atoms. The summed E-state index contributed by atoms with van der Waals surface area (Å²) < 4.78 is 4.96. The molecule has 2 nitrogen and oxygen atoms in total. The molecule has 2 heteroatoms. The Kier molecular flexibility index (Phi) is 6.09. The van der Waals surface area contributed by atoms with Crippen LogP contribution in [0.1, 0.15) is 0 Å². The Bertz CT molecular complexity index is 3400. The SMILES string of the molecule is c1ccc(-c2ccc3ccc4c(-c5c6c7ccccc7n(-c7ccccc7)c6cc6c7ccccc7n(-c7ccccc7)c56)ccc5ccc2c3c54)cc1. The molecule has 0 fully saturated rings. The van der Waals surface area contributed by atoms with Crippen molar-refractivity contribution in [3.63, 3.8) is 0 Å². The van der Waals surface area contributed by atoms with E-state index in [1.165, 1.54) is 98.2 Å². The molecule has 0 saturated carbocycles. The first-order valence-electron chi connectivity index (χ1n) is 18.7. The monoisotopic (exact) mass is 684 g/mol. The third-order valence-electron chi connectivity index (χ3n) is 11.6. The first kappa shape index (κ1) is 29.4. The molecule has 250 valence electrons. The van der Waals surface area contributed by atoms with Crippen molar-refractivity contribution in [2.24, 2.45) is 0 Å². The fraction of sp³-hybridized carbons (Fsp3) is 0. The highest BCUT2D eigenvalue weighted by Gasteiger charge is 2.26. The summed E-state index contributed by atoms with van der Waals surface area (Å²) in [6.07, 6.45) is 0. The normalized spacial score (nSPS) is 12.1. The van der Waals surface area contributed by atoms with Crippen molar-refractivity contribution < 1.29 is 0 Å². The molecule has 0 N–H and O–H groups in total. The van der Waals surface area contributed by atoms with Gasteiger partial charge in [0.1, 0.15) is 0 Å². The van der Waals surface area contributed by atoms with E-state index in [1.807, 2.05) is 0 Å². The van der Waals surface area contributed by atoms with Gasteiger partial charge in [0.05, 0.1) is 22.1 Å². The number of para-hydroxylation sites is 4. The maximum atomic E-state index is 2.50. The molecule has 0 aliphatic heterocycles. The van der Waals surface area contributed by atoms with Crippen LogP contribution in [0.5, 0.6) is 0 Å². The molecular weight excluding hydrogens is 653 g/mol. The number of nitrogens with zero attached hydrogens (tertiary/aromatic N) is 2. The maximum Gasteiger partial charge on any atom is 0.0627 e. The molecule has 12 rings (SSSR count). The molecule has 2 aromatic heterocycles. The van der Waals surface area contributed by atoms with Crippen molar-refractivity contribution in [3.05, 3.63) is 194 Å². The number of hydrogen-bond acceptors (Lipinski definition) is 0. The second kappa shape index (κ2) is 11.2. The van der Waals surface area contributed by atoms with Gasteiger partial charge in [0.15, 0.2) is 0 Å². The van der Waals surface area contributed by atoms with E-state index in [0.717, 1.165) is 11.4 Å². The molecular formula is C52H32N2. The summed E-state index contributed by atoms with van der Waals surface area (Å²) in [6.45, 7) is 0. The first-order valence-corrected chi connectivity index (χ1v) is 18.7. The predicted molar refractivity (Wildman–Crippen MR) is 230 cm³/mol. The Labute approximate surface area is 311 Å². The molecule has 12 aromatic rings. The Hall–Kier alpha value is -7.16. The smallest absolute Gasteiger partial charge is 0.0627 e. The van der Waals surface area contributed by atoms with Crippen LogP contribution >= 0.6 is 0 Å². The van der Waals surface area contributed by atoms with E-state index in [-0.39, 0.29) is 0 Å². The van der Waals surface area contributed by atoms with E-state index >= 15 is 0 Å². The topological polar surface area (TPSA) is 9.86 Å². The lowest BCUT2D eigenvalue weighted by atomic mass is 9.86. The largest absolute Gasteiger partial charge is 0.309 e. The summed E-state index contributed by atoms with van der Waals surface area (Å²) in [4.78, 5) is 0. The Balaban J connectivity index is 1.32. The van der Waals surface area contributed by atoms with Gasteiger partial charge in [0.25, 0.3) is 0 Å². The van der Waals surface area contributed by atoms with E-state index in [0.29, 0.717) is 0 Å². The maximum absolute atomic E-state index is 2.50. The zero-order valence-corrected chi connectivity index (χ0v) is 29.4. The third kappa shape index (κ3) is 4.00. The lowest BCUT2D eigenvalue weighted by molar-refractivity contribution is 1.17. The van der Waals surface area contributed by atoms with Gasteiger partial charge in [0.2, 0.25) is 0 Å². The highest BCUT2D eigenvalue weighted by atomic mass is 15.0. The molecule has 0 saturated heterocycles. The van der Waals surface area contributed by atoms with Crippen LogP contribution < -0.4 is 0 Å². The van der Waals surface area contributed by atoms with Gasteiger partial charge in [-0.2, -0.15) is 0 Å². The zero-order valence-electron chi connectivity index (χ0n) is 29.4. The molecule has 2 heterocycles. The second-order valence-corrected chi connectivity index (χ2v) is 14.4. The predicted octanol–water partition coefficient (Wildman–Crippen LogP) is 14.1. The molecule has 0 atom stereocenters. The lowest BCUT2D eigenvalue weighted by Gasteiger charge is -2.19. The average molecular weight is 685 g/mol. The van der Waals surface area contributed by atoms with E-state index in [2.05, 4.69) is 203 Å². The molecule has 0 bridgehead atoms. The van der Waals surface area contributed by atoms with Crippen LogP contribution in [-0.4, -0.2) is 9.13 Å². The van der Waals surface area contributed by atoms with Crippen LogP contribution in [0.3, 0.4) is 0 Å². The molecule has 0 unspecified atom stereocenters. The number of hydrogen-bond donors (Lipinski definition) is 0. The minimum atomic E-state index is 1.15. The lowest BCUT2D eigenvalue weighted by Crippen LogP contribution is -1.97. The summed E-state index contributed by atoms with van der Waals surface area (Å²) in [6, 6.07) is 71.5. The number of fused-ring (bicyclic) bond motifs is 6. The molecule has 0 radical (unpaired) electrons. The van der Waals surface area contributed by atoms with E-state index in [1.54, 1.807) is 0 Å². The fourth-order valence-corrected chi connectivity index (χ4v) is 9.42. The third-order valence-corrected chi connectivity index (χ3v) is 11.6. The van der Waals surface area contributed by atoms with Gasteiger partial charge in [-0.1, -0.05) is 152 Å². The minimum Gasteiger partial charge on any atom is -0.309 e. The molecule has 0 aliphatic rings. The van der Waals surface area contributed by atoms with Gasteiger partial charge in [-0.15, -0.1) is 0 Å². The molecule has 0 aliphatic carbocycles. The molecule has 10 aromatic carbocycles. The van der Waals surface area contributed by atoms with Crippen LogP contribution in [-0.2, 0) is 0 Å². The van der Waals surface area contributed by atoms with Crippen LogP contribution in [0.15, 0.2) is 194 Å². The van der Waals surface area contributed by atoms with Gasteiger partial charge < -0.3 is 9.13 Å². The second-order valence-electron chi connectivity index (χ2n) is 14.4. The number of aromatic nitrogens is 2. The van der Waals surface area contributed by atoms with Crippen molar-refractivity contribution in [3.8, 4) is 33.6 Å². The van der Waals surface area contributed by atoms with E-state index in [9.17, 15) is 0 Å². The highest BCUT2D eigenvalue weighted by molar-refractivity contribution is 6.32. The van der Waals surface area contributed by atoms with Gasteiger partial charge in [-0.25, -0.2) is 0 Å². The number of benzene rings is 10. The van der Waals surface area contributed by atoms with E-state index < -0.39 is 0 Å².